The molecule has 0 spiro atoms. The van der Waals surface area contributed by atoms with Crippen molar-refractivity contribution in [1.29, 1.82) is 0 Å². The van der Waals surface area contributed by atoms with E-state index in [0.29, 0.717) is 0 Å². The van der Waals surface area contributed by atoms with Gasteiger partial charge in [0.05, 0.1) is 0 Å². The molecule has 0 saturated carbocycles. The summed E-state index contributed by atoms with van der Waals surface area (Å²) in [7, 11) is 0. The highest BCUT2D eigenvalue weighted by molar-refractivity contribution is 5.37. The van der Waals surface area contributed by atoms with Crippen molar-refractivity contribution >= 4 is 17.1 Å². The van der Waals surface area contributed by atoms with E-state index < -0.39 is 0 Å². The number of benzene rings is 10. The van der Waals surface area contributed by atoms with E-state index >= 15 is 0 Å². The number of rotatable bonds is 0. The molecule has 0 unspecified atom stereocenters. The minimum Gasteiger partial charge on any atom is -0.399 e. The molecule has 10 aromatic carbocycles. The molecule has 8 N–H and O–H groups in total. The van der Waals surface area contributed by atoms with Crippen molar-refractivity contribution in [3.63, 3.8) is 0 Å². The molecule has 10 aromatic rings. The number of nitrogens with two attached hydrogens (primary N) is 4. The molecule has 0 radical (unpaired) electrons. The average molecular weight is 1520 g/mol. The van der Waals surface area contributed by atoms with E-state index in [9.17, 15) is 0 Å². The Hall–Kier alpha value is -8.44. The zero-order valence-corrected chi connectivity index (χ0v) is 80.1. The van der Waals surface area contributed by atoms with E-state index in [2.05, 4.69) is 154 Å². The predicted molar refractivity (Wildman–Crippen MR) is 532 cm³/mol. The minimum absolute atomic E-state index is 0.750. The highest BCUT2D eigenvalue weighted by atomic mass is 14.5. The van der Waals surface area contributed by atoms with Gasteiger partial charge in [-0.25, -0.2) is 0 Å². The number of aryl methyl sites for hydroxylation is 3. The van der Waals surface area contributed by atoms with Crippen molar-refractivity contribution < 1.29 is 0 Å². The zero-order chi connectivity index (χ0) is 89.3. The Balaban J connectivity index is -0.0000000506. The van der Waals surface area contributed by atoms with Crippen LogP contribution in [-0.2, 0) is 0 Å². The second-order valence-electron chi connectivity index (χ2n) is 19.2. The molecule has 4 nitrogen and oxygen atoms in total. The van der Waals surface area contributed by atoms with E-state index in [1.807, 2.05) is 437 Å². The Morgan fingerprint density at radius 3 is 0.236 bits per heavy atom. The maximum absolute atomic E-state index is 5.36. The summed E-state index contributed by atoms with van der Waals surface area (Å²) in [4.78, 5) is 0. The molecular weight excluding hydrogens is 1330 g/mol. The first kappa shape index (κ1) is 147. The van der Waals surface area contributed by atoms with Crippen LogP contribution in [0.15, 0.2) is 328 Å². The molecule has 0 aliphatic rings. The zero-order valence-electron chi connectivity index (χ0n) is 80.1. The predicted octanol–water partition coefficient (Wildman–Crippen LogP) is 36.7. The molecule has 0 aromatic heterocycles. The van der Waals surface area contributed by atoms with E-state index in [-0.39, 0.29) is 0 Å². The van der Waals surface area contributed by atoms with Gasteiger partial charge < -0.3 is 22.9 Å². The molecule has 10 rings (SSSR count). The number of anilines is 3. The third-order valence-electron chi connectivity index (χ3n) is 7.89. The van der Waals surface area contributed by atoms with Crippen LogP contribution in [0.3, 0.4) is 0 Å². The van der Waals surface area contributed by atoms with Crippen molar-refractivity contribution in [1.82, 2.24) is 0 Å². The van der Waals surface area contributed by atoms with Crippen molar-refractivity contribution in [2.45, 2.75) is 308 Å². The lowest BCUT2D eigenvalue weighted by molar-refractivity contribution is 1.09. The van der Waals surface area contributed by atoms with Crippen LogP contribution in [0.1, 0.15) is 304 Å². The Bertz CT molecular complexity index is 1960. The summed E-state index contributed by atoms with van der Waals surface area (Å²) < 4.78 is 0. The van der Waals surface area contributed by atoms with Gasteiger partial charge in [0.25, 0.3) is 0 Å². The molecule has 636 valence electrons. The molecule has 0 fully saturated rings. The summed E-state index contributed by atoms with van der Waals surface area (Å²) in [6.07, 6.45) is 8.75. The first-order valence-corrected chi connectivity index (χ1v) is 42.8. The van der Waals surface area contributed by atoms with Crippen LogP contribution in [0.2, 0.25) is 0 Å². The Labute approximate surface area is 694 Å². The molecule has 0 amide bonds. The maximum atomic E-state index is 5.36. The SMILES string of the molecule is CC.CC.CC.CC.CC.CC.CC.CC.CC.CC.CCC.CCC.CCC.CCC.CCC.CCC.CCC.CCN.Cc1ccccc1.Cc1ccccc1.Cc1ccccc1.Nc1ccccc1.Nc1ccccc1.Nc1ccccc1.c1ccccc1.c1ccccc1.c1ccccc1.c1ccccc1. The number of para-hydroxylation sites is 3. The smallest absolute Gasteiger partial charge is 0.0313 e. The van der Waals surface area contributed by atoms with Crippen molar-refractivity contribution in [3.8, 4) is 0 Å². The van der Waals surface area contributed by atoms with Gasteiger partial charge in [-0.05, 0) is 63.7 Å². The van der Waals surface area contributed by atoms with Crippen LogP contribution >= 0.6 is 0 Å². The van der Waals surface area contributed by atoms with Crippen LogP contribution in [0, 0.1) is 20.8 Å². The normalized spacial score (nSPS) is 6.90. The minimum atomic E-state index is 0.750. The summed E-state index contributed by atoms with van der Waals surface area (Å²) >= 11 is 0. The fourth-order valence-electron chi connectivity index (χ4n) is 4.50. The van der Waals surface area contributed by atoms with Crippen molar-refractivity contribution in [2.75, 3.05) is 23.7 Å². The quantitative estimate of drug-likeness (QED) is 0.114. The van der Waals surface area contributed by atoms with Gasteiger partial charge in [-0.2, -0.15) is 0 Å². The van der Waals surface area contributed by atoms with Crippen LogP contribution in [0.4, 0.5) is 17.1 Å². The molecule has 4 heteroatoms. The Morgan fingerprint density at radius 1 is 0.145 bits per heavy atom. The molecule has 0 aliphatic carbocycles. The maximum Gasteiger partial charge on any atom is 0.0313 e. The molecule has 0 atom stereocenters. The summed E-state index contributed by atoms with van der Waals surface area (Å²) in [6, 6.07) is 107. The lowest BCUT2D eigenvalue weighted by atomic mass is 10.2. The summed E-state index contributed by atoms with van der Waals surface area (Å²) in [5, 5.41) is 0. The lowest BCUT2D eigenvalue weighted by Crippen LogP contribution is -1.87. The number of hydrogen-bond donors (Lipinski definition) is 4. The van der Waals surface area contributed by atoms with Crippen molar-refractivity contribution in [2.24, 2.45) is 5.73 Å². The van der Waals surface area contributed by atoms with Gasteiger partial charge in [0.15, 0.2) is 0 Å². The molecule has 110 heavy (non-hydrogen) atoms. The van der Waals surface area contributed by atoms with E-state index in [1.165, 1.54) is 61.6 Å². The van der Waals surface area contributed by atoms with Crippen LogP contribution in [0.5, 0.6) is 0 Å². The number of hydrogen-bond acceptors (Lipinski definition) is 4. The topological polar surface area (TPSA) is 104 Å². The first-order chi connectivity index (χ1) is 53.7. The van der Waals surface area contributed by atoms with Crippen LogP contribution in [0.25, 0.3) is 0 Å². The summed E-state index contributed by atoms with van der Waals surface area (Å²) in [6.45, 7) is 78.7. The third kappa shape index (κ3) is 239. The molecule has 0 saturated heterocycles. The highest BCUT2D eigenvalue weighted by Crippen LogP contribution is 1.98. The van der Waals surface area contributed by atoms with Gasteiger partial charge in [-0.15, -0.1) is 0 Å². The molecule has 0 aliphatic heterocycles. The Morgan fingerprint density at radius 2 is 0.200 bits per heavy atom. The molecule has 0 heterocycles. The lowest BCUT2D eigenvalue weighted by Gasteiger charge is -1.83. The van der Waals surface area contributed by atoms with E-state index in [1.54, 1.807) is 0 Å². The second-order valence-corrected chi connectivity index (χ2v) is 19.2. The fourth-order valence-corrected chi connectivity index (χ4v) is 4.50. The third-order valence-corrected chi connectivity index (χ3v) is 7.89. The second kappa shape index (κ2) is 195. The van der Waals surface area contributed by atoms with Crippen molar-refractivity contribution in [3.05, 3.63) is 344 Å². The Kier molecular flexibility index (Phi) is 260. The van der Waals surface area contributed by atoms with Crippen LogP contribution in [-0.4, -0.2) is 6.54 Å². The van der Waals surface area contributed by atoms with Crippen LogP contribution < -0.4 is 22.9 Å². The van der Waals surface area contributed by atoms with Gasteiger partial charge in [0.1, 0.15) is 0 Å². The highest BCUT2D eigenvalue weighted by Gasteiger charge is 1.76. The van der Waals surface area contributed by atoms with Gasteiger partial charge in [-0.1, -0.05) is 595 Å². The van der Waals surface area contributed by atoms with Gasteiger partial charge in [-0.3, -0.25) is 0 Å². The molecule has 0 bridgehead atoms. The fraction of sp³-hybridized carbons (Fsp3) is 0.434. The number of nitrogen functional groups attached to an aromatic ring is 3. The van der Waals surface area contributed by atoms with Gasteiger partial charge in [0, 0.05) is 17.1 Å². The van der Waals surface area contributed by atoms with Gasteiger partial charge in [0.2, 0.25) is 0 Å². The standard InChI is InChI=1S/3C7H8.3C6H7N.4C6H6.7C3H8.C2H7N.10C2H6/c3*1-7-5-3-2-4-6-7;3*7-6-4-2-1-3-5-6;4*1-2-4-6-5-3-1;7*1-3-2;1-2-3;10*1-2/h3*2-6H,1H3;3*1-5H,7H2;4*1-6H;7*3H2,1-2H3;2-3H2,1H3;10*1-2H3. The van der Waals surface area contributed by atoms with Gasteiger partial charge >= 0.3 is 0 Å². The average Bonchev–Trinajstić information content (AvgIpc) is 1.09. The summed E-state index contributed by atoms with van der Waals surface area (Å²) in [5.41, 5.74) is 27.4. The van der Waals surface area contributed by atoms with E-state index in [0.717, 1.165) is 23.6 Å². The van der Waals surface area contributed by atoms with E-state index in [4.69, 9.17) is 22.9 Å². The molecular formula is C106H192N4. The largest absolute Gasteiger partial charge is 0.399 e. The first-order valence-electron chi connectivity index (χ1n) is 42.8. The summed E-state index contributed by atoms with van der Waals surface area (Å²) in [5.74, 6) is 0. The monoisotopic (exact) mass is 1520 g/mol.